The second-order valence-electron chi connectivity index (χ2n) is 9.65. The lowest BCUT2D eigenvalue weighted by Crippen LogP contribution is -2.42. The summed E-state index contributed by atoms with van der Waals surface area (Å²) in [5.41, 5.74) is 8.11. The highest BCUT2D eigenvalue weighted by molar-refractivity contribution is 6.08. The summed E-state index contributed by atoms with van der Waals surface area (Å²) in [4.78, 5) is 26.6. The Hall–Kier alpha value is -2.94. The number of aromatic nitrogens is 2. The minimum absolute atomic E-state index is 0.0508. The average molecular weight is 455 g/mol. The molecule has 1 spiro atoms. The van der Waals surface area contributed by atoms with Crippen LogP contribution in [0.3, 0.4) is 0 Å². The third-order valence-corrected chi connectivity index (χ3v) is 7.09. The molecule has 3 fully saturated rings. The zero-order valence-corrected chi connectivity index (χ0v) is 19.2. The molecule has 176 valence electrons. The van der Waals surface area contributed by atoms with Gasteiger partial charge in [0.05, 0.1) is 29.6 Å². The van der Waals surface area contributed by atoms with Gasteiger partial charge in [-0.2, -0.15) is 4.98 Å². The molecule has 33 heavy (non-hydrogen) atoms. The van der Waals surface area contributed by atoms with Crippen molar-refractivity contribution in [3.63, 3.8) is 0 Å². The van der Waals surface area contributed by atoms with Crippen molar-refractivity contribution in [2.24, 2.45) is 5.41 Å². The van der Waals surface area contributed by atoms with Crippen LogP contribution in [-0.4, -0.2) is 54.8 Å². The van der Waals surface area contributed by atoms with Crippen LogP contribution in [0.25, 0.3) is 0 Å². The number of nitrogens with one attached hydrogen (secondary N) is 1. The van der Waals surface area contributed by atoms with Crippen molar-refractivity contribution in [2.75, 3.05) is 53.6 Å². The number of piperidine rings is 1. The average Bonchev–Trinajstić information content (AvgIpc) is 3.54. The summed E-state index contributed by atoms with van der Waals surface area (Å²) in [6, 6.07) is 4.54. The molecular formula is C24H31FN6O2. The van der Waals surface area contributed by atoms with Gasteiger partial charge in [-0.3, -0.25) is 4.79 Å². The first-order valence-corrected chi connectivity index (χ1v) is 11.7. The molecule has 2 saturated heterocycles. The van der Waals surface area contributed by atoms with Gasteiger partial charge in [-0.05, 0) is 57.1 Å². The molecule has 3 aliphatic rings. The number of benzene rings is 1. The molecule has 1 aromatic carbocycles. The number of aryl methyl sites for hydroxylation is 1. The van der Waals surface area contributed by atoms with Gasteiger partial charge >= 0.3 is 0 Å². The van der Waals surface area contributed by atoms with Gasteiger partial charge in [-0.1, -0.05) is 0 Å². The molecule has 1 aliphatic carbocycles. The molecule has 9 heteroatoms. The summed E-state index contributed by atoms with van der Waals surface area (Å²) in [5, 5.41) is 2.86. The number of ether oxygens (including phenoxy) is 1. The molecule has 0 unspecified atom stereocenters. The van der Waals surface area contributed by atoms with Crippen LogP contribution >= 0.6 is 0 Å². The van der Waals surface area contributed by atoms with E-state index in [4.69, 9.17) is 10.5 Å². The molecule has 3 heterocycles. The lowest BCUT2D eigenvalue weighted by Gasteiger charge is -2.35. The Morgan fingerprint density at radius 1 is 1.15 bits per heavy atom. The first-order valence-electron chi connectivity index (χ1n) is 11.7. The molecule has 8 nitrogen and oxygen atoms in total. The van der Waals surface area contributed by atoms with Gasteiger partial charge in [0.25, 0.3) is 5.91 Å². The second-order valence-corrected chi connectivity index (χ2v) is 9.65. The minimum Gasteiger partial charge on any atom is -0.396 e. The number of amides is 1. The molecular weight excluding hydrogens is 423 g/mol. The molecule has 2 aliphatic heterocycles. The summed E-state index contributed by atoms with van der Waals surface area (Å²) in [6.07, 6.45) is 4.85. The van der Waals surface area contributed by atoms with Crippen LogP contribution in [0.15, 0.2) is 18.2 Å². The topological polar surface area (TPSA) is 96.6 Å². The number of nitrogens with zero attached hydrogens (tertiary/aromatic N) is 4. The Kier molecular flexibility index (Phi) is 5.60. The van der Waals surface area contributed by atoms with Crippen LogP contribution in [0.4, 0.5) is 27.5 Å². The van der Waals surface area contributed by atoms with Crippen molar-refractivity contribution in [1.29, 1.82) is 0 Å². The maximum atomic E-state index is 14.4. The van der Waals surface area contributed by atoms with Crippen molar-refractivity contribution in [3.8, 4) is 0 Å². The first kappa shape index (κ1) is 21.9. The van der Waals surface area contributed by atoms with E-state index in [9.17, 15) is 9.18 Å². The third kappa shape index (κ3) is 4.59. The SMILES string of the molecule is Cc1cc(NC(=O)c2cc(F)c(N)cc2N2CCC3(CC2)CC3)nc(N2CCO[C@H](C)C2)n1. The van der Waals surface area contributed by atoms with E-state index in [0.29, 0.717) is 42.6 Å². The Morgan fingerprint density at radius 2 is 1.91 bits per heavy atom. The number of hydrogen-bond acceptors (Lipinski definition) is 7. The fourth-order valence-electron chi connectivity index (χ4n) is 4.86. The molecule has 1 saturated carbocycles. The van der Waals surface area contributed by atoms with Crippen molar-refractivity contribution >= 4 is 29.0 Å². The number of carbonyl (C=O) groups excluding carboxylic acids is 1. The number of rotatable bonds is 4. The van der Waals surface area contributed by atoms with Crippen molar-refractivity contribution in [2.45, 2.75) is 45.6 Å². The van der Waals surface area contributed by atoms with Gasteiger partial charge < -0.3 is 25.6 Å². The first-order chi connectivity index (χ1) is 15.8. The number of hydrogen-bond donors (Lipinski definition) is 2. The smallest absolute Gasteiger partial charge is 0.259 e. The van der Waals surface area contributed by atoms with Crippen LogP contribution in [0, 0.1) is 18.2 Å². The maximum absolute atomic E-state index is 14.4. The predicted molar refractivity (Wildman–Crippen MR) is 126 cm³/mol. The Morgan fingerprint density at radius 3 is 2.61 bits per heavy atom. The Balaban J connectivity index is 1.39. The third-order valence-electron chi connectivity index (χ3n) is 7.09. The highest BCUT2D eigenvalue weighted by Gasteiger charge is 2.44. The number of nitrogen functional groups attached to an aromatic ring is 1. The van der Waals surface area contributed by atoms with Crippen molar-refractivity contribution < 1.29 is 13.9 Å². The highest BCUT2D eigenvalue weighted by atomic mass is 19.1. The molecule has 1 amide bonds. The van der Waals surface area contributed by atoms with E-state index in [1.165, 1.54) is 18.9 Å². The zero-order chi connectivity index (χ0) is 23.2. The molecule has 5 rings (SSSR count). The molecule has 0 radical (unpaired) electrons. The maximum Gasteiger partial charge on any atom is 0.259 e. The molecule has 3 N–H and O–H groups in total. The van der Waals surface area contributed by atoms with E-state index in [0.717, 1.165) is 31.6 Å². The molecule has 1 aromatic heterocycles. The van der Waals surface area contributed by atoms with E-state index in [-0.39, 0.29) is 17.4 Å². The second kappa shape index (κ2) is 8.44. The number of halogens is 1. The minimum atomic E-state index is -0.596. The zero-order valence-electron chi connectivity index (χ0n) is 19.2. The summed E-state index contributed by atoms with van der Waals surface area (Å²) in [6.45, 7) is 7.53. The normalized spacial score (nSPS) is 21.8. The van der Waals surface area contributed by atoms with Gasteiger partial charge in [0, 0.05) is 37.9 Å². The quantitative estimate of drug-likeness (QED) is 0.684. The van der Waals surface area contributed by atoms with Gasteiger partial charge in [-0.25, -0.2) is 9.37 Å². The van der Waals surface area contributed by atoms with Crippen LogP contribution in [0.1, 0.15) is 48.7 Å². The number of carbonyl (C=O) groups is 1. The van der Waals surface area contributed by atoms with E-state index in [2.05, 4.69) is 20.2 Å². The van der Waals surface area contributed by atoms with Gasteiger partial charge in [0.15, 0.2) is 0 Å². The lowest BCUT2D eigenvalue weighted by atomic mass is 9.93. The lowest BCUT2D eigenvalue weighted by molar-refractivity contribution is 0.0526. The van der Waals surface area contributed by atoms with E-state index in [1.54, 1.807) is 12.1 Å². The van der Waals surface area contributed by atoms with E-state index >= 15 is 0 Å². The summed E-state index contributed by atoms with van der Waals surface area (Å²) in [7, 11) is 0. The van der Waals surface area contributed by atoms with Crippen molar-refractivity contribution in [1.82, 2.24) is 9.97 Å². The van der Waals surface area contributed by atoms with E-state index < -0.39 is 11.7 Å². The Bertz CT molecular complexity index is 1060. The summed E-state index contributed by atoms with van der Waals surface area (Å²) >= 11 is 0. The number of anilines is 4. The van der Waals surface area contributed by atoms with Gasteiger partial charge in [0.1, 0.15) is 11.6 Å². The largest absolute Gasteiger partial charge is 0.396 e. The molecule has 2 aromatic rings. The van der Waals surface area contributed by atoms with Gasteiger partial charge in [-0.15, -0.1) is 0 Å². The highest BCUT2D eigenvalue weighted by Crippen LogP contribution is 2.54. The number of morpholine rings is 1. The fourth-order valence-corrected chi connectivity index (χ4v) is 4.86. The van der Waals surface area contributed by atoms with Crippen LogP contribution < -0.4 is 20.9 Å². The molecule has 1 atom stereocenters. The van der Waals surface area contributed by atoms with Crippen LogP contribution in [0.2, 0.25) is 0 Å². The van der Waals surface area contributed by atoms with Gasteiger partial charge in [0.2, 0.25) is 5.95 Å². The summed E-state index contributed by atoms with van der Waals surface area (Å²) < 4.78 is 20.0. The fraction of sp³-hybridized carbons (Fsp3) is 0.542. The standard InChI is InChI=1S/C24H31FN6O2/c1-15-11-21(29-23(27-15)31-9-10-33-16(2)14-31)28-22(32)17-12-18(25)19(26)13-20(17)30-7-5-24(3-4-24)6-8-30/h11-13,16H,3-10,14,26H2,1-2H3,(H,27,28,29,32)/t16-/m1/s1. The predicted octanol–water partition coefficient (Wildman–Crippen LogP) is 3.36. The number of nitrogens with two attached hydrogens (primary N) is 1. The molecule has 0 bridgehead atoms. The monoisotopic (exact) mass is 454 g/mol. The van der Waals surface area contributed by atoms with Crippen molar-refractivity contribution in [3.05, 3.63) is 35.3 Å². The van der Waals surface area contributed by atoms with Crippen LogP contribution in [0.5, 0.6) is 0 Å². The summed E-state index contributed by atoms with van der Waals surface area (Å²) in [5.74, 6) is -0.0632. The Labute approximate surface area is 193 Å². The van der Waals surface area contributed by atoms with Crippen LogP contribution in [-0.2, 0) is 4.74 Å². The van der Waals surface area contributed by atoms with E-state index in [1.807, 2.05) is 18.7 Å².